The molecule has 0 saturated carbocycles. The molecule has 3 aromatic rings. The van der Waals surface area contributed by atoms with E-state index in [0.717, 1.165) is 16.5 Å². The van der Waals surface area contributed by atoms with E-state index in [9.17, 15) is 0 Å². The minimum Gasteiger partial charge on any atom is -0.185 e. The van der Waals surface area contributed by atoms with Crippen molar-refractivity contribution < 1.29 is 4.57 Å². The summed E-state index contributed by atoms with van der Waals surface area (Å²) >= 11 is 1.72. The van der Waals surface area contributed by atoms with E-state index in [2.05, 4.69) is 34.1 Å². The summed E-state index contributed by atoms with van der Waals surface area (Å²) < 4.78 is 4.17. The van der Waals surface area contributed by atoms with Crippen LogP contribution in [-0.4, -0.2) is 9.61 Å². The van der Waals surface area contributed by atoms with Gasteiger partial charge in [0.25, 0.3) is 5.82 Å². The number of nitrogens with zero attached hydrogens (tertiary/aromatic N) is 3. The molecule has 3 nitrogen and oxygen atoms in total. The maximum atomic E-state index is 4.54. The summed E-state index contributed by atoms with van der Waals surface area (Å²) in [6, 6.07) is 10.3. The van der Waals surface area contributed by atoms with E-state index in [4.69, 9.17) is 0 Å². The third kappa shape index (κ3) is 1.27. The van der Waals surface area contributed by atoms with E-state index < -0.39 is 0 Å². The smallest absolute Gasteiger partial charge is 0.185 e. The first-order valence-corrected chi connectivity index (χ1v) is 6.06. The van der Waals surface area contributed by atoms with Gasteiger partial charge in [-0.25, -0.2) is 0 Å². The number of hydrogen-bond donors (Lipinski definition) is 0. The number of rotatable bonds is 1. The van der Waals surface area contributed by atoms with Gasteiger partial charge in [0.15, 0.2) is 0 Å². The van der Waals surface area contributed by atoms with Crippen molar-refractivity contribution in [3.63, 3.8) is 0 Å². The SMILES string of the molecule is Cc1csc2n1nc(C)[n+]2-c1ccccc1. The summed E-state index contributed by atoms with van der Waals surface area (Å²) in [7, 11) is 0. The highest BCUT2D eigenvalue weighted by Crippen LogP contribution is 2.14. The zero-order chi connectivity index (χ0) is 11.1. The van der Waals surface area contributed by atoms with Crippen LogP contribution in [0.4, 0.5) is 0 Å². The second-order valence-electron chi connectivity index (χ2n) is 3.79. The molecule has 0 aliphatic carbocycles. The molecule has 0 atom stereocenters. The summed E-state index contributed by atoms with van der Waals surface area (Å²) in [6.07, 6.45) is 0. The summed E-state index contributed by atoms with van der Waals surface area (Å²) in [4.78, 5) is 1.15. The Morgan fingerprint density at radius 1 is 1.19 bits per heavy atom. The maximum Gasteiger partial charge on any atom is 0.328 e. The van der Waals surface area contributed by atoms with Crippen molar-refractivity contribution in [2.75, 3.05) is 0 Å². The molecule has 3 rings (SSSR count). The monoisotopic (exact) mass is 230 g/mol. The minimum absolute atomic E-state index is 1.01. The Bertz CT molecular complexity index is 637. The van der Waals surface area contributed by atoms with Gasteiger partial charge in [-0.05, 0) is 19.1 Å². The number of benzene rings is 1. The lowest BCUT2D eigenvalue weighted by atomic mass is 10.3. The highest BCUT2D eigenvalue weighted by atomic mass is 32.1. The number of hydrogen-bond acceptors (Lipinski definition) is 2. The predicted molar refractivity (Wildman–Crippen MR) is 64.1 cm³/mol. The number of thiazole rings is 1. The Morgan fingerprint density at radius 3 is 2.69 bits per heavy atom. The molecule has 0 aliphatic rings. The fraction of sp³-hybridized carbons (Fsp3) is 0.167. The molecule has 16 heavy (non-hydrogen) atoms. The Kier molecular flexibility index (Phi) is 2.04. The van der Waals surface area contributed by atoms with E-state index in [0.29, 0.717) is 0 Å². The first-order valence-electron chi connectivity index (χ1n) is 5.18. The van der Waals surface area contributed by atoms with Crippen LogP contribution in [0.25, 0.3) is 10.6 Å². The van der Waals surface area contributed by atoms with Crippen LogP contribution in [0.2, 0.25) is 0 Å². The molecule has 2 aromatic heterocycles. The van der Waals surface area contributed by atoms with Crippen molar-refractivity contribution >= 4 is 16.3 Å². The molecule has 0 fully saturated rings. The molecule has 0 radical (unpaired) electrons. The summed E-state index contributed by atoms with van der Waals surface area (Å²) in [6.45, 7) is 4.11. The van der Waals surface area contributed by atoms with Crippen molar-refractivity contribution in [2.45, 2.75) is 13.8 Å². The first kappa shape index (κ1) is 9.54. The fourth-order valence-corrected chi connectivity index (χ4v) is 2.86. The van der Waals surface area contributed by atoms with Gasteiger partial charge in [0.2, 0.25) is 0 Å². The van der Waals surface area contributed by atoms with E-state index in [1.165, 1.54) is 5.69 Å². The molecule has 80 valence electrons. The molecular formula is C12H12N3S+. The van der Waals surface area contributed by atoms with Crippen molar-refractivity contribution in [3.05, 3.63) is 47.2 Å². The van der Waals surface area contributed by atoms with Crippen molar-refractivity contribution in [1.29, 1.82) is 0 Å². The average molecular weight is 230 g/mol. The van der Waals surface area contributed by atoms with Crippen LogP contribution in [-0.2, 0) is 0 Å². The topological polar surface area (TPSA) is 21.2 Å². The van der Waals surface area contributed by atoms with Crippen molar-refractivity contribution in [2.24, 2.45) is 0 Å². The first-order chi connectivity index (χ1) is 7.77. The summed E-state index contributed by atoms with van der Waals surface area (Å²) in [5.41, 5.74) is 2.34. The van der Waals surface area contributed by atoms with Crippen molar-refractivity contribution in [1.82, 2.24) is 9.61 Å². The quantitative estimate of drug-likeness (QED) is 0.588. The molecular weight excluding hydrogens is 218 g/mol. The van der Waals surface area contributed by atoms with Crippen LogP contribution in [0.3, 0.4) is 0 Å². The molecule has 0 amide bonds. The second kappa shape index (κ2) is 3.42. The number of para-hydroxylation sites is 1. The molecule has 1 aromatic carbocycles. The minimum atomic E-state index is 1.01. The highest BCUT2D eigenvalue weighted by Gasteiger charge is 2.21. The van der Waals surface area contributed by atoms with E-state index in [1.54, 1.807) is 11.3 Å². The molecule has 0 unspecified atom stereocenters. The molecule has 4 heteroatoms. The number of aromatic nitrogens is 3. The molecule has 0 saturated heterocycles. The average Bonchev–Trinajstić information content (AvgIpc) is 2.80. The zero-order valence-corrected chi connectivity index (χ0v) is 10.0. The fourth-order valence-electron chi connectivity index (χ4n) is 1.86. The van der Waals surface area contributed by atoms with Crippen LogP contribution in [0, 0.1) is 13.8 Å². The zero-order valence-electron chi connectivity index (χ0n) is 9.21. The van der Waals surface area contributed by atoms with Gasteiger partial charge in [0, 0.05) is 17.4 Å². The largest absolute Gasteiger partial charge is 0.328 e. The van der Waals surface area contributed by atoms with Crippen molar-refractivity contribution in [3.8, 4) is 5.69 Å². The second-order valence-corrected chi connectivity index (χ2v) is 4.63. The number of fused-ring (bicyclic) bond motifs is 1. The maximum absolute atomic E-state index is 4.54. The predicted octanol–water partition coefficient (Wildman–Crippen LogP) is 2.29. The Hall–Kier alpha value is -1.68. The van der Waals surface area contributed by atoms with Gasteiger partial charge in [-0.2, -0.15) is 4.57 Å². The summed E-state index contributed by atoms with van der Waals surface area (Å²) in [5.74, 6) is 1.01. The van der Waals surface area contributed by atoms with Crippen LogP contribution in [0.1, 0.15) is 11.5 Å². The Labute approximate surface area is 97.6 Å². The van der Waals surface area contributed by atoms with Crippen LogP contribution >= 0.6 is 11.3 Å². The number of aryl methyl sites for hydroxylation is 2. The normalized spacial score (nSPS) is 11.1. The Morgan fingerprint density at radius 2 is 1.94 bits per heavy atom. The van der Waals surface area contributed by atoms with Crippen LogP contribution in [0.15, 0.2) is 35.7 Å². The molecule has 0 spiro atoms. The third-order valence-electron chi connectivity index (χ3n) is 2.62. The van der Waals surface area contributed by atoms with Crippen LogP contribution < -0.4 is 4.57 Å². The van der Waals surface area contributed by atoms with Gasteiger partial charge in [-0.3, -0.25) is 0 Å². The molecule has 0 N–H and O–H groups in total. The highest BCUT2D eigenvalue weighted by molar-refractivity contribution is 7.14. The van der Waals surface area contributed by atoms with E-state index >= 15 is 0 Å². The van der Waals surface area contributed by atoms with Gasteiger partial charge >= 0.3 is 4.96 Å². The Balaban J connectivity index is 2.35. The van der Waals surface area contributed by atoms with Crippen LogP contribution in [0.5, 0.6) is 0 Å². The standard InChI is InChI=1S/C12H12N3S/c1-9-8-16-12-14(10(2)13-15(9)12)11-6-4-3-5-7-11/h3-8H,1-2H3/q+1. The lowest BCUT2D eigenvalue weighted by Crippen LogP contribution is -2.31. The molecule has 2 heterocycles. The van der Waals surface area contributed by atoms with E-state index in [-0.39, 0.29) is 0 Å². The molecule has 0 aliphatic heterocycles. The molecule has 0 bridgehead atoms. The van der Waals surface area contributed by atoms with Gasteiger partial charge in [-0.1, -0.05) is 34.1 Å². The van der Waals surface area contributed by atoms with Gasteiger partial charge < -0.3 is 0 Å². The van der Waals surface area contributed by atoms with Gasteiger partial charge in [0.1, 0.15) is 11.4 Å². The lowest BCUT2D eigenvalue weighted by molar-refractivity contribution is -0.573. The van der Waals surface area contributed by atoms with E-state index in [1.807, 2.05) is 29.6 Å². The lowest BCUT2D eigenvalue weighted by Gasteiger charge is -1.96. The van der Waals surface area contributed by atoms with Gasteiger partial charge in [-0.15, -0.1) is 0 Å². The van der Waals surface area contributed by atoms with Gasteiger partial charge in [0.05, 0.1) is 0 Å². The summed E-state index contributed by atoms with van der Waals surface area (Å²) in [5, 5.41) is 6.67. The third-order valence-corrected chi connectivity index (χ3v) is 3.65.